The zero-order valence-electron chi connectivity index (χ0n) is 18.2. The minimum Gasteiger partial charge on any atom is -0.444 e. The molecule has 2 heterocycles. The van der Waals surface area contributed by atoms with E-state index in [4.69, 9.17) is 4.74 Å². The van der Waals surface area contributed by atoms with Crippen LogP contribution in [0.5, 0.6) is 0 Å². The number of rotatable bonds is 6. The van der Waals surface area contributed by atoms with Gasteiger partial charge in [0, 0.05) is 37.4 Å². The lowest BCUT2D eigenvalue weighted by atomic mass is 10.2. The van der Waals surface area contributed by atoms with Crippen LogP contribution in [0.1, 0.15) is 47.0 Å². The third-order valence-corrected chi connectivity index (χ3v) is 7.06. The Kier molecular flexibility index (Phi) is 6.67. The third kappa shape index (κ3) is 5.10. The summed E-state index contributed by atoms with van der Waals surface area (Å²) in [5.41, 5.74) is -0.591. The Bertz CT molecular complexity index is 1000. The maximum Gasteiger partial charge on any atom is 0.410 e. The lowest BCUT2D eigenvalue weighted by molar-refractivity contribution is 0.0169. The number of carbonyl (C=O) groups excluding carboxylic acids is 1. The van der Waals surface area contributed by atoms with Gasteiger partial charge in [-0.3, -0.25) is 4.98 Å². The summed E-state index contributed by atoms with van der Waals surface area (Å²) in [6.45, 7) is 8.80. The molecule has 3 rings (SSSR count). The Hall–Kier alpha value is -2.19. The van der Waals surface area contributed by atoms with Gasteiger partial charge in [0.1, 0.15) is 5.60 Å². The van der Waals surface area contributed by atoms with E-state index in [-0.39, 0.29) is 23.6 Å². The number of benzene rings is 1. The van der Waals surface area contributed by atoms with E-state index in [2.05, 4.69) is 11.9 Å². The lowest BCUT2D eigenvalue weighted by Crippen LogP contribution is -2.45. The first-order valence-electron chi connectivity index (χ1n) is 10.5. The first-order chi connectivity index (χ1) is 14.1. The molecule has 1 fully saturated rings. The van der Waals surface area contributed by atoms with Crippen molar-refractivity contribution in [1.82, 2.24) is 14.2 Å². The molecule has 164 valence electrons. The smallest absolute Gasteiger partial charge is 0.410 e. The lowest BCUT2D eigenvalue weighted by Gasteiger charge is -2.31. The van der Waals surface area contributed by atoms with Crippen LogP contribution >= 0.6 is 0 Å². The van der Waals surface area contributed by atoms with E-state index in [1.54, 1.807) is 41.6 Å². The fourth-order valence-corrected chi connectivity index (χ4v) is 5.15. The minimum atomic E-state index is -3.64. The number of hydrogen-bond acceptors (Lipinski definition) is 5. The number of unbranched alkanes of at least 4 members (excludes halogenated alkanes) is 1. The predicted molar refractivity (Wildman–Crippen MR) is 117 cm³/mol. The van der Waals surface area contributed by atoms with Crippen molar-refractivity contribution in [2.75, 3.05) is 19.6 Å². The fraction of sp³-hybridized carbons (Fsp3) is 0.545. The van der Waals surface area contributed by atoms with Crippen molar-refractivity contribution in [2.24, 2.45) is 0 Å². The summed E-state index contributed by atoms with van der Waals surface area (Å²) >= 11 is 0. The SMILES string of the molecule is CCCCN(C(=O)OC(C)(C)C)C1CCN(S(=O)(=O)c2ccc3cnccc3c2)C1. The van der Waals surface area contributed by atoms with Gasteiger partial charge in [-0.15, -0.1) is 0 Å². The fourth-order valence-electron chi connectivity index (χ4n) is 3.63. The summed E-state index contributed by atoms with van der Waals surface area (Å²) in [7, 11) is -3.64. The van der Waals surface area contributed by atoms with Crippen LogP contribution in [0.3, 0.4) is 0 Å². The van der Waals surface area contributed by atoms with Gasteiger partial charge in [-0.05, 0) is 57.2 Å². The number of hydrogen-bond donors (Lipinski definition) is 0. The standard InChI is InChI=1S/C22H31N3O4S/c1-5-6-12-25(21(26)29-22(2,3)4)19-10-13-24(16-19)30(27,28)20-8-7-18-15-23-11-9-17(18)14-20/h7-9,11,14-15,19H,5-6,10,12-13,16H2,1-4H3. The summed E-state index contributed by atoms with van der Waals surface area (Å²) in [4.78, 5) is 18.8. The van der Waals surface area contributed by atoms with E-state index in [1.807, 2.05) is 20.8 Å². The van der Waals surface area contributed by atoms with Gasteiger partial charge < -0.3 is 9.64 Å². The van der Waals surface area contributed by atoms with Crippen molar-refractivity contribution in [1.29, 1.82) is 0 Å². The van der Waals surface area contributed by atoms with E-state index >= 15 is 0 Å². The van der Waals surface area contributed by atoms with Gasteiger partial charge in [0.25, 0.3) is 0 Å². The molecule has 0 bridgehead atoms. The molecule has 1 aliphatic heterocycles. The molecule has 1 unspecified atom stereocenters. The molecule has 1 saturated heterocycles. The van der Waals surface area contributed by atoms with Crippen LogP contribution in [0.25, 0.3) is 10.8 Å². The summed E-state index contributed by atoms with van der Waals surface area (Å²) in [6.07, 6.45) is 5.38. The topological polar surface area (TPSA) is 79.8 Å². The van der Waals surface area contributed by atoms with Gasteiger partial charge >= 0.3 is 6.09 Å². The van der Waals surface area contributed by atoms with Crippen molar-refractivity contribution in [3.8, 4) is 0 Å². The number of pyridine rings is 1. The monoisotopic (exact) mass is 433 g/mol. The van der Waals surface area contributed by atoms with E-state index in [1.165, 1.54) is 4.31 Å². The Balaban J connectivity index is 1.79. The highest BCUT2D eigenvalue weighted by atomic mass is 32.2. The molecule has 1 aliphatic rings. The third-order valence-electron chi connectivity index (χ3n) is 5.20. The van der Waals surface area contributed by atoms with E-state index in [0.29, 0.717) is 19.5 Å². The van der Waals surface area contributed by atoms with Crippen LogP contribution in [-0.4, -0.2) is 60.0 Å². The molecule has 0 spiro atoms. The van der Waals surface area contributed by atoms with Gasteiger partial charge in [-0.1, -0.05) is 19.4 Å². The normalized spacial score (nSPS) is 17.9. The molecule has 1 amide bonds. The maximum atomic E-state index is 13.2. The molecule has 1 atom stereocenters. The van der Waals surface area contributed by atoms with E-state index in [9.17, 15) is 13.2 Å². The van der Waals surface area contributed by atoms with Crippen molar-refractivity contribution in [2.45, 2.75) is 63.5 Å². The average molecular weight is 434 g/mol. The first-order valence-corrected chi connectivity index (χ1v) is 11.9. The summed E-state index contributed by atoms with van der Waals surface area (Å²) in [6, 6.07) is 6.69. The first kappa shape index (κ1) is 22.5. The van der Waals surface area contributed by atoms with Crippen LogP contribution in [0.4, 0.5) is 4.79 Å². The number of nitrogens with zero attached hydrogens (tertiary/aromatic N) is 3. The zero-order chi connectivity index (χ0) is 21.9. The van der Waals surface area contributed by atoms with Crippen LogP contribution in [0.15, 0.2) is 41.6 Å². The Morgan fingerprint density at radius 2 is 2.03 bits per heavy atom. The van der Waals surface area contributed by atoms with Crippen LogP contribution in [0.2, 0.25) is 0 Å². The van der Waals surface area contributed by atoms with Crippen LogP contribution < -0.4 is 0 Å². The summed E-state index contributed by atoms with van der Waals surface area (Å²) < 4.78 is 33.5. The number of aromatic nitrogens is 1. The highest BCUT2D eigenvalue weighted by molar-refractivity contribution is 7.89. The highest BCUT2D eigenvalue weighted by Gasteiger charge is 2.38. The average Bonchev–Trinajstić information content (AvgIpc) is 3.17. The molecule has 7 nitrogen and oxygen atoms in total. The number of amides is 1. The molecule has 0 aliphatic carbocycles. The maximum absolute atomic E-state index is 13.2. The second-order valence-corrected chi connectivity index (χ2v) is 10.7. The quantitative estimate of drug-likeness (QED) is 0.687. The Morgan fingerprint density at radius 1 is 1.27 bits per heavy atom. The zero-order valence-corrected chi connectivity index (χ0v) is 19.0. The molecule has 0 saturated carbocycles. The molecule has 1 aromatic carbocycles. The van der Waals surface area contributed by atoms with Gasteiger partial charge in [0.05, 0.1) is 10.9 Å². The second kappa shape index (κ2) is 8.89. The highest BCUT2D eigenvalue weighted by Crippen LogP contribution is 2.27. The molecule has 30 heavy (non-hydrogen) atoms. The van der Waals surface area contributed by atoms with Crippen molar-refractivity contribution < 1.29 is 17.9 Å². The number of sulfonamides is 1. The van der Waals surface area contributed by atoms with E-state index in [0.717, 1.165) is 23.6 Å². The van der Waals surface area contributed by atoms with Crippen LogP contribution in [-0.2, 0) is 14.8 Å². The minimum absolute atomic E-state index is 0.189. The summed E-state index contributed by atoms with van der Waals surface area (Å²) in [5, 5.41) is 1.73. The molecule has 2 aromatic rings. The molecule has 1 aromatic heterocycles. The Morgan fingerprint density at radius 3 is 2.73 bits per heavy atom. The molecular weight excluding hydrogens is 402 g/mol. The van der Waals surface area contributed by atoms with Crippen molar-refractivity contribution >= 4 is 26.9 Å². The van der Waals surface area contributed by atoms with Crippen LogP contribution in [0, 0.1) is 0 Å². The summed E-state index contributed by atoms with van der Waals surface area (Å²) in [5.74, 6) is 0. The van der Waals surface area contributed by atoms with E-state index < -0.39 is 15.6 Å². The predicted octanol–water partition coefficient (Wildman–Crippen LogP) is 4.04. The molecular formula is C22H31N3O4S. The Labute approximate surface area is 179 Å². The molecule has 8 heteroatoms. The van der Waals surface area contributed by atoms with Crippen molar-refractivity contribution in [3.05, 3.63) is 36.7 Å². The number of ether oxygens (including phenoxy) is 1. The van der Waals surface area contributed by atoms with Gasteiger partial charge in [0.15, 0.2) is 0 Å². The van der Waals surface area contributed by atoms with Gasteiger partial charge in [-0.2, -0.15) is 4.31 Å². The van der Waals surface area contributed by atoms with Gasteiger partial charge in [-0.25, -0.2) is 13.2 Å². The molecule has 0 radical (unpaired) electrons. The largest absolute Gasteiger partial charge is 0.444 e. The van der Waals surface area contributed by atoms with Crippen molar-refractivity contribution in [3.63, 3.8) is 0 Å². The molecule has 0 N–H and O–H groups in total. The number of carbonyl (C=O) groups is 1. The van der Waals surface area contributed by atoms with Gasteiger partial charge in [0.2, 0.25) is 10.0 Å². The number of fused-ring (bicyclic) bond motifs is 1. The second-order valence-electron chi connectivity index (χ2n) is 8.72.